The summed E-state index contributed by atoms with van der Waals surface area (Å²) in [5.41, 5.74) is 1.18. The average molecular weight is 237 g/mol. The summed E-state index contributed by atoms with van der Waals surface area (Å²) in [6.45, 7) is 5.04. The van der Waals surface area contributed by atoms with Gasteiger partial charge in [-0.3, -0.25) is 0 Å². The van der Waals surface area contributed by atoms with Gasteiger partial charge in [0.05, 0.1) is 13.7 Å². The van der Waals surface area contributed by atoms with Gasteiger partial charge in [0.25, 0.3) is 0 Å². The summed E-state index contributed by atoms with van der Waals surface area (Å²) in [5.74, 6) is 0.930. The SMILES string of the molecule is CCC(COC)NC(C)c1ccccc1OC. The highest BCUT2D eigenvalue weighted by Crippen LogP contribution is 2.24. The molecule has 96 valence electrons. The van der Waals surface area contributed by atoms with Crippen LogP contribution in [0.1, 0.15) is 31.9 Å². The Morgan fingerprint density at radius 3 is 2.53 bits per heavy atom. The van der Waals surface area contributed by atoms with Crippen molar-refractivity contribution >= 4 is 0 Å². The van der Waals surface area contributed by atoms with Crippen LogP contribution in [0.15, 0.2) is 24.3 Å². The molecule has 17 heavy (non-hydrogen) atoms. The Labute approximate surface area is 104 Å². The van der Waals surface area contributed by atoms with Gasteiger partial charge >= 0.3 is 0 Å². The van der Waals surface area contributed by atoms with E-state index >= 15 is 0 Å². The first-order chi connectivity index (χ1) is 8.22. The monoisotopic (exact) mass is 237 g/mol. The van der Waals surface area contributed by atoms with Crippen molar-refractivity contribution in [3.63, 3.8) is 0 Å². The van der Waals surface area contributed by atoms with Crippen LogP contribution in [-0.4, -0.2) is 26.9 Å². The zero-order valence-corrected chi connectivity index (χ0v) is 11.2. The molecule has 0 spiro atoms. The maximum absolute atomic E-state index is 5.37. The van der Waals surface area contributed by atoms with Crippen LogP contribution in [0.4, 0.5) is 0 Å². The molecule has 0 aliphatic heterocycles. The van der Waals surface area contributed by atoms with Crippen molar-refractivity contribution in [2.24, 2.45) is 0 Å². The van der Waals surface area contributed by atoms with Crippen LogP contribution in [0.2, 0.25) is 0 Å². The molecule has 1 rings (SSSR count). The molecule has 1 aromatic carbocycles. The molecular weight excluding hydrogens is 214 g/mol. The summed E-state index contributed by atoms with van der Waals surface area (Å²) in [5, 5.41) is 3.55. The lowest BCUT2D eigenvalue weighted by atomic mass is 10.1. The van der Waals surface area contributed by atoms with Crippen LogP contribution in [0, 0.1) is 0 Å². The third-order valence-corrected chi connectivity index (χ3v) is 2.95. The predicted octanol–water partition coefficient (Wildman–Crippen LogP) is 2.77. The zero-order chi connectivity index (χ0) is 12.7. The number of nitrogens with one attached hydrogen (secondary N) is 1. The predicted molar refractivity (Wildman–Crippen MR) is 70.5 cm³/mol. The summed E-state index contributed by atoms with van der Waals surface area (Å²) in [6.07, 6.45) is 1.05. The molecule has 2 unspecified atom stereocenters. The smallest absolute Gasteiger partial charge is 0.123 e. The van der Waals surface area contributed by atoms with Gasteiger partial charge in [0.2, 0.25) is 0 Å². The molecule has 0 saturated heterocycles. The summed E-state index contributed by atoms with van der Waals surface area (Å²) in [4.78, 5) is 0. The summed E-state index contributed by atoms with van der Waals surface area (Å²) in [6, 6.07) is 8.74. The average Bonchev–Trinajstić information content (AvgIpc) is 2.38. The fraction of sp³-hybridized carbons (Fsp3) is 0.571. The number of benzene rings is 1. The molecule has 0 aromatic heterocycles. The second-order valence-corrected chi connectivity index (χ2v) is 4.19. The Kier molecular flexibility index (Phi) is 6.01. The van der Waals surface area contributed by atoms with E-state index in [0.717, 1.165) is 18.8 Å². The molecule has 1 aromatic rings. The van der Waals surface area contributed by atoms with Crippen molar-refractivity contribution in [3.8, 4) is 5.75 Å². The number of para-hydroxylation sites is 1. The molecule has 3 heteroatoms. The Bertz CT molecular complexity index is 328. The highest BCUT2D eigenvalue weighted by molar-refractivity contribution is 5.35. The van der Waals surface area contributed by atoms with E-state index < -0.39 is 0 Å². The first kappa shape index (κ1) is 14.0. The van der Waals surface area contributed by atoms with Gasteiger partial charge in [-0.1, -0.05) is 25.1 Å². The molecule has 0 aliphatic rings. The van der Waals surface area contributed by atoms with Gasteiger partial charge in [-0.25, -0.2) is 0 Å². The van der Waals surface area contributed by atoms with Gasteiger partial charge in [0, 0.05) is 24.8 Å². The Morgan fingerprint density at radius 2 is 1.94 bits per heavy atom. The van der Waals surface area contributed by atoms with E-state index in [9.17, 15) is 0 Å². The Morgan fingerprint density at radius 1 is 1.24 bits per heavy atom. The summed E-state index contributed by atoms with van der Waals surface area (Å²) >= 11 is 0. The lowest BCUT2D eigenvalue weighted by Gasteiger charge is -2.23. The Hall–Kier alpha value is -1.06. The Balaban J connectivity index is 2.71. The summed E-state index contributed by atoms with van der Waals surface area (Å²) in [7, 11) is 3.44. The number of ether oxygens (including phenoxy) is 2. The zero-order valence-electron chi connectivity index (χ0n) is 11.2. The second-order valence-electron chi connectivity index (χ2n) is 4.19. The number of hydrogen-bond acceptors (Lipinski definition) is 3. The van der Waals surface area contributed by atoms with E-state index in [4.69, 9.17) is 9.47 Å². The minimum Gasteiger partial charge on any atom is -0.496 e. The second kappa shape index (κ2) is 7.30. The lowest BCUT2D eigenvalue weighted by molar-refractivity contribution is 0.159. The van der Waals surface area contributed by atoms with E-state index in [1.807, 2.05) is 18.2 Å². The van der Waals surface area contributed by atoms with Crippen molar-refractivity contribution < 1.29 is 9.47 Å². The fourth-order valence-electron chi connectivity index (χ4n) is 1.95. The number of methoxy groups -OCH3 is 2. The maximum Gasteiger partial charge on any atom is 0.123 e. The molecule has 0 saturated carbocycles. The van der Waals surface area contributed by atoms with Gasteiger partial charge in [-0.2, -0.15) is 0 Å². The molecule has 2 atom stereocenters. The molecule has 0 radical (unpaired) electrons. The molecule has 0 heterocycles. The van der Waals surface area contributed by atoms with Crippen molar-refractivity contribution in [3.05, 3.63) is 29.8 Å². The van der Waals surface area contributed by atoms with E-state index in [1.54, 1.807) is 14.2 Å². The van der Waals surface area contributed by atoms with Crippen LogP contribution in [-0.2, 0) is 4.74 Å². The molecular formula is C14H23NO2. The third-order valence-electron chi connectivity index (χ3n) is 2.95. The number of hydrogen-bond donors (Lipinski definition) is 1. The van der Waals surface area contributed by atoms with Crippen LogP contribution >= 0.6 is 0 Å². The van der Waals surface area contributed by atoms with E-state index in [-0.39, 0.29) is 6.04 Å². The number of rotatable bonds is 7. The maximum atomic E-state index is 5.37. The van der Waals surface area contributed by atoms with Gasteiger partial charge in [-0.15, -0.1) is 0 Å². The minimum atomic E-state index is 0.256. The molecule has 0 fully saturated rings. The first-order valence-corrected chi connectivity index (χ1v) is 6.10. The lowest BCUT2D eigenvalue weighted by Crippen LogP contribution is -2.34. The molecule has 1 N–H and O–H groups in total. The van der Waals surface area contributed by atoms with E-state index in [1.165, 1.54) is 5.56 Å². The largest absolute Gasteiger partial charge is 0.496 e. The van der Waals surface area contributed by atoms with E-state index in [2.05, 4.69) is 25.2 Å². The molecule has 0 aliphatic carbocycles. The van der Waals surface area contributed by atoms with Crippen LogP contribution in [0.5, 0.6) is 5.75 Å². The quantitative estimate of drug-likeness (QED) is 0.791. The molecule has 0 bridgehead atoms. The molecule has 3 nitrogen and oxygen atoms in total. The van der Waals surface area contributed by atoms with Gasteiger partial charge in [0.1, 0.15) is 5.75 Å². The van der Waals surface area contributed by atoms with Gasteiger partial charge < -0.3 is 14.8 Å². The standard InChI is InChI=1S/C14H23NO2/c1-5-12(10-16-3)15-11(2)13-8-6-7-9-14(13)17-4/h6-9,11-12,15H,5,10H2,1-4H3. The topological polar surface area (TPSA) is 30.5 Å². The third kappa shape index (κ3) is 4.02. The summed E-state index contributed by atoms with van der Waals surface area (Å²) < 4.78 is 10.6. The van der Waals surface area contributed by atoms with Crippen molar-refractivity contribution in [1.82, 2.24) is 5.32 Å². The fourth-order valence-corrected chi connectivity index (χ4v) is 1.95. The van der Waals surface area contributed by atoms with Crippen LogP contribution in [0.3, 0.4) is 0 Å². The van der Waals surface area contributed by atoms with Crippen molar-refractivity contribution in [2.75, 3.05) is 20.8 Å². The normalized spacial score (nSPS) is 14.4. The van der Waals surface area contributed by atoms with Crippen molar-refractivity contribution in [1.29, 1.82) is 0 Å². The highest BCUT2D eigenvalue weighted by Gasteiger charge is 2.14. The van der Waals surface area contributed by atoms with Gasteiger partial charge in [-0.05, 0) is 19.4 Å². The van der Waals surface area contributed by atoms with Crippen molar-refractivity contribution in [2.45, 2.75) is 32.4 Å². The van der Waals surface area contributed by atoms with Crippen LogP contribution in [0.25, 0.3) is 0 Å². The molecule has 0 amide bonds. The first-order valence-electron chi connectivity index (χ1n) is 6.10. The van der Waals surface area contributed by atoms with Crippen LogP contribution < -0.4 is 10.1 Å². The van der Waals surface area contributed by atoms with Gasteiger partial charge in [0.15, 0.2) is 0 Å². The highest BCUT2D eigenvalue weighted by atomic mass is 16.5. The van der Waals surface area contributed by atoms with E-state index in [0.29, 0.717) is 6.04 Å². The minimum absolute atomic E-state index is 0.256.